The molecule has 0 saturated carbocycles. The monoisotopic (exact) mass is 1570 g/mol. The van der Waals surface area contributed by atoms with Gasteiger partial charge < -0.3 is 64.1 Å². The van der Waals surface area contributed by atoms with E-state index < -0.39 is 24.7 Å². The molecule has 4 heterocycles. The van der Waals surface area contributed by atoms with Crippen molar-refractivity contribution < 1.29 is 57.1 Å². The first kappa shape index (κ1) is 105. The molecular weight excluding hydrogens is 1420 g/mol. The Balaban J connectivity index is 0. The number of fused-ring (bicyclic) bond motifs is 6. The second-order valence-electron chi connectivity index (χ2n) is 27.8. The quantitative estimate of drug-likeness (QED) is 0.0106. The lowest BCUT2D eigenvalue weighted by atomic mass is 10.1. The lowest BCUT2D eigenvalue weighted by Gasteiger charge is -2.45. The predicted octanol–water partition coefficient (Wildman–Crippen LogP) is 18.6. The van der Waals surface area contributed by atoms with E-state index in [2.05, 4.69) is 164 Å². The SMILES string of the molecule is C.C.C.CC(C)N(C(C)C)P(OCCC#N)N(C(C)C)C(C)C.CCCCc1nc2c(N)nc3cc(OCCO)ccc3c2n1CCC.CCCCc1nc2c(N)nc3cc(OCCOP(=O)(O)OC[C@H](C)CC)ccc3c2n1CCO.CCOCNP(OC[C@H](C)CC)N(C(C)C)C(C)C.CC[C@@H](C)CO. The molecule has 0 radical (unpaired) electrons. The van der Waals surface area contributed by atoms with Crippen LogP contribution in [0.1, 0.15) is 244 Å². The van der Waals surface area contributed by atoms with Crippen LogP contribution in [0.15, 0.2) is 36.4 Å². The number of nitrogens with two attached hydrogens (primary N) is 2. The van der Waals surface area contributed by atoms with E-state index in [1.807, 2.05) is 56.5 Å². The predicted molar refractivity (Wildman–Crippen MR) is 451 cm³/mol. The van der Waals surface area contributed by atoms with E-state index in [0.717, 1.165) is 128 Å². The maximum Gasteiger partial charge on any atom is 0.472 e. The fourth-order valence-corrected chi connectivity index (χ4v) is 16.0. The summed E-state index contributed by atoms with van der Waals surface area (Å²) in [6, 6.07) is 16.0. The van der Waals surface area contributed by atoms with Crippen molar-refractivity contribution in [3.63, 3.8) is 0 Å². The summed E-state index contributed by atoms with van der Waals surface area (Å²) >= 11 is 0. The number of hydrogen-bond donors (Lipinski definition) is 7. The molecule has 0 saturated heterocycles. The van der Waals surface area contributed by atoms with E-state index in [0.29, 0.717) is 115 Å². The summed E-state index contributed by atoms with van der Waals surface area (Å²) in [7, 11) is -5.75. The van der Waals surface area contributed by atoms with Gasteiger partial charge in [0.15, 0.2) is 28.5 Å². The van der Waals surface area contributed by atoms with Crippen LogP contribution >= 0.6 is 24.7 Å². The minimum Gasteiger partial charge on any atom is -0.491 e. The number of pyridine rings is 2. The smallest absolute Gasteiger partial charge is 0.472 e. The Morgan fingerprint density at radius 1 is 0.561 bits per heavy atom. The van der Waals surface area contributed by atoms with Gasteiger partial charge >= 0.3 is 7.82 Å². The molecule has 618 valence electrons. The van der Waals surface area contributed by atoms with Gasteiger partial charge in [-0.2, -0.15) is 5.26 Å². The zero-order valence-electron chi connectivity index (χ0n) is 67.7. The third-order valence-electron chi connectivity index (χ3n) is 16.9. The molecule has 2 unspecified atom stereocenters. The number of nitrogens with zero attached hydrogens (tertiary/aromatic N) is 10. The first-order valence-corrected chi connectivity index (χ1v) is 42.1. The molecule has 0 aliphatic heterocycles. The average Bonchev–Trinajstić information content (AvgIpc) is 1.64. The van der Waals surface area contributed by atoms with Crippen molar-refractivity contribution >= 4 is 80.2 Å². The molecule has 6 rings (SSSR count). The van der Waals surface area contributed by atoms with E-state index in [4.69, 9.17) is 69.2 Å². The van der Waals surface area contributed by atoms with Crippen molar-refractivity contribution in [3.05, 3.63) is 48.0 Å². The number of nitrogens with one attached hydrogen (secondary N) is 1. The number of aliphatic hydroxyl groups is 3. The fourth-order valence-electron chi connectivity index (χ4n) is 11.0. The van der Waals surface area contributed by atoms with E-state index in [1.165, 1.54) is 0 Å². The summed E-state index contributed by atoms with van der Waals surface area (Å²) in [6.07, 6.45) is 10.6. The number of rotatable bonds is 44. The molecule has 0 spiro atoms. The summed E-state index contributed by atoms with van der Waals surface area (Å²) in [5, 5.41) is 40.9. The zero-order valence-corrected chi connectivity index (χ0v) is 70.3. The Hall–Kier alpha value is -4.54. The molecule has 2 aromatic carbocycles. The number of unbranched alkanes of at least 4 members (excludes halogenated alkanes) is 2. The van der Waals surface area contributed by atoms with Crippen LogP contribution in [0.2, 0.25) is 0 Å². The minimum absolute atomic E-state index is 0. The van der Waals surface area contributed by atoms with Gasteiger partial charge in [0.05, 0.1) is 74.2 Å². The van der Waals surface area contributed by atoms with Crippen LogP contribution in [0.5, 0.6) is 11.5 Å². The first-order chi connectivity index (χ1) is 49.5. The van der Waals surface area contributed by atoms with Crippen LogP contribution in [0.4, 0.5) is 11.6 Å². The molecule has 0 aliphatic carbocycles. The molecule has 25 nitrogen and oxygen atoms in total. The molecule has 107 heavy (non-hydrogen) atoms. The van der Waals surface area contributed by atoms with Crippen LogP contribution < -0.4 is 26.0 Å². The van der Waals surface area contributed by atoms with Gasteiger partial charge in [0.1, 0.15) is 54.1 Å². The molecule has 6 aromatic rings. The molecule has 0 bridgehead atoms. The number of aryl methyl sites for hydroxylation is 3. The maximum atomic E-state index is 11.9. The number of nitriles is 1. The minimum atomic E-state index is -4.11. The van der Waals surface area contributed by atoms with Crippen LogP contribution in [0, 0.1) is 29.1 Å². The lowest BCUT2D eigenvalue weighted by Crippen LogP contribution is -2.43. The number of aliphatic hydroxyl groups excluding tert-OH is 3. The van der Waals surface area contributed by atoms with E-state index in [1.54, 1.807) is 12.1 Å². The van der Waals surface area contributed by atoms with Gasteiger partial charge in [-0.05, 0) is 151 Å². The van der Waals surface area contributed by atoms with Gasteiger partial charge in [-0.1, -0.05) is 117 Å². The van der Waals surface area contributed by atoms with Crippen molar-refractivity contribution in [2.75, 3.05) is 84.3 Å². The Morgan fingerprint density at radius 2 is 1.01 bits per heavy atom. The summed E-state index contributed by atoms with van der Waals surface area (Å²) in [5.41, 5.74) is 17.2. The van der Waals surface area contributed by atoms with Gasteiger partial charge in [0.2, 0.25) is 0 Å². The number of hydrogen-bond acceptors (Lipinski definition) is 22. The number of anilines is 2. The number of phosphoric acid groups is 1. The number of ether oxygens (including phenoxy) is 3. The molecule has 0 amide bonds. The Labute approximate surface area is 649 Å². The number of nitrogen functional groups attached to an aromatic ring is 2. The topological polar surface area (TPSA) is 322 Å². The second-order valence-corrected chi connectivity index (χ2v) is 32.6. The van der Waals surface area contributed by atoms with Crippen molar-refractivity contribution in [1.82, 2.24) is 48.2 Å². The van der Waals surface area contributed by atoms with E-state index in [-0.39, 0.29) is 67.8 Å². The highest BCUT2D eigenvalue weighted by Crippen LogP contribution is 2.51. The second kappa shape index (κ2) is 56.6. The first-order valence-electron chi connectivity index (χ1n) is 38.2. The largest absolute Gasteiger partial charge is 0.491 e. The summed E-state index contributed by atoms with van der Waals surface area (Å²) < 4.78 is 62.3. The van der Waals surface area contributed by atoms with Crippen LogP contribution in [-0.2, 0) is 53.3 Å². The van der Waals surface area contributed by atoms with Gasteiger partial charge in [-0.25, -0.2) is 43.6 Å². The Kier molecular flexibility index (Phi) is 55.3. The van der Waals surface area contributed by atoms with Crippen molar-refractivity contribution in [1.29, 1.82) is 5.26 Å². The van der Waals surface area contributed by atoms with Gasteiger partial charge in [0.25, 0.3) is 0 Å². The van der Waals surface area contributed by atoms with Crippen molar-refractivity contribution in [3.8, 4) is 17.6 Å². The lowest BCUT2D eigenvalue weighted by molar-refractivity contribution is 0.117. The third kappa shape index (κ3) is 35.4. The van der Waals surface area contributed by atoms with Gasteiger partial charge in [-0.15, -0.1) is 0 Å². The van der Waals surface area contributed by atoms with Crippen molar-refractivity contribution in [2.45, 2.75) is 295 Å². The summed E-state index contributed by atoms with van der Waals surface area (Å²) in [5.74, 6) is 5.20. The molecule has 28 heteroatoms. The highest BCUT2D eigenvalue weighted by Gasteiger charge is 2.35. The maximum absolute atomic E-state index is 11.9. The molecule has 0 fully saturated rings. The van der Waals surface area contributed by atoms with E-state index >= 15 is 0 Å². The number of imidazole rings is 2. The zero-order chi connectivity index (χ0) is 78.2. The van der Waals surface area contributed by atoms with Crippen LogP contribution in [0.25, 0.3) is 43.9 Å². The highest BCUT2D eigenvalue weighted by molar-refractivity contribution is 7.48. The van der Waals surface area contributed by atoms with Crippen LogP contribution in [0.3, 0.4) is 0 Å². The van der Waals surface area contributed by atoms with Crippen molar-refractivity contribution in [2.24, 2.45) is 17.8 Å². The third-order valence-corrected chi connectivity index (χ3v) is 23.0. The summed E-state index contributed by atoms with van der Waals surface area (Å²) in [4.78, 5) is 28.3. The average molecular weight is 1570 g/mol. The Bertz CT molecular complexity index is 3360. The normalized spacial score (nSPS) is 13.2. The van der Waals surface area contributed by atoms with Crippen LogP contribution in [-0.4, -0.2) is 172 Å². The molecule has 9 N–H and O–H groups in total. The molecule has 5 atom stereocenters. The summed E-state index contributed by atoms with van der Waals surface area (Å²) in [6.45, 7) is 52.1. The Morgan fingerprint density at radius 3 is 1.39 bits per heavy atom. The van der Waals surface area contributed by atoms with Gasteiger partial charge in [0, 0.05) is 98.3 Å². The fraction of sp³-hybridized carbons (Fsp3) is 0.734. The number of aromatic nitrogens is 6. The highest BCUT2D eigenvalue weighted by atomic mass is 31.2. The molecular formula is C79H150N13O12P3. The standard InChI is InChI=1S/C23H35N4O6P.C19H26N4O2.C15H32N3OP.C14H33N2O2P.C5H12O.3CH4/c1-4-6-7-20-26-21-22(27(20)10-11-28)18-9-8-17(14-19(18)25-23(21)24)31-12-13-32-34(29,30)33-15-16(3)5-2;1-3-5-6-16-22-17-18(23(16)9-4-2)14-8-7-13(25-11-10-24)12-15(14)21-19(17)20;1-12(2)17(13(3)4)20(19-11-9-10-16)18(14(5)6)15(7)8;1-8-14(7)10-18-19(15-11-17-9-2)16(12(3)4)13(5)6;1-3-5(2)4-6;;;/h8-9,14,16,28H,4-7,10-13,15H2,1-3H3,(H2,24,25)(H,29,30);7-8,12,24H,3-6,9-11H2,1-2H3,(H2,20,21);12-15H,9,11H2,1-8H3;12-15H,8-11H2,1-7H3;5-6H,3-4H2,1-2H3;3*1H4/t16-;;;14-,19?;5-;;;/m1..11.../s1. The van der Waals surface area contributed by atoms with Gasteiger partial charge in [-0.3, -0.25) is 9.05 Å². The number of benzene rings is 2. The number of phosphoric ester groups is 1. The molecule has 0 aliphatic rings. The molecule has 4 aromatic heterocycles. The van der Waals surface area contributed by atoms with E-state index in [9.17, 15) is 14.6 Å².